The quantitative estimate of drug-likeness (QED) is 0.290. The van der Waals surface area contributed by atoms with E-state index in [2.05, 4.69) is 20.4 Å². The lowest BCUT2D eigenvalue weighted by Gasteiger charge is -2.28. The summed E-state index contributed by atoms with van der Waals surface area (Å²) in [5.74, 6) is 0.594. The van der Waals surface area contributed by atoms with Gasteiger partial charge in [-0.05, 0) is 49.2 Å². The van der Waals surface area contributed by atoms with Crippen molar-refractivity contribution in [2.75, 3.05) is 36.5 Å². The van der Waals surface area contributed by atoms with E-state index in [0.717, 1.165) is 27.9 Å². The van der Waals surface area contributed by atoms with Gasteiger partial charge in [0.1, 0.15) is 10.7 Å². The van der Waals surface area contributed by atoms with Gasteiger partial charge in [0, 0.05) is 36.2 Å². The van der Waals surface area contributed by atoms with Crippen LogP contribution in [0.25, 0.3) is 22.2 Å². The minimum absolute atomic E-state index is 0.0292. The molecule has 4 heterocycles. The van der Waals surface area contributed by atoms with Crippen molar-refractivity contribution in [3.8, 4) is 11.3 Å². The standard InChI is InChI=1S/C28H26BClN4O5/c1-16-11-20(27-21(12-16)26(35)17(2)28(38-27)34-7-9-37-10-8-34)14-31-23-5-6-24(30)33-25(23)18-3-4-22-19(13-18)15-32-39-29(22)36/h3-6,11-13,15,31,36H,7-10,14H2,1-2H3. The molecule has 39 heavy (non-hydrogen) atoms. The number of ether oxygens (including phenoxy) is 1. The first-order valence-corrected chi connectivity index (χ1v) is 13.1. The first-order valence-electron chi connectivity index (χ1n) is 12.7. The normalized spacial score (nSPS) is 14.9. The van der Waals surface area contributed by atoms with Gasteiger partial charge in [-0.2, -0.15) is 0 Å². The molecule has 2 N–H and O–H groups in total. The fourth-order valence-electron chi connectivity index (χ4n) is 5.06. The molecule has 0 radical (unpaired) electrons. The zero-order valence-corrected chi connectivity index (χ0v) is 22.3. The number of oxime groups is 1. The second-order valence-electron chi connectivity index (χ2n) is 9.68. The third kappa shape index (κ3) is 4.87. The molecule has 0 aliphatic carbocycles. The Morgan fingerprint density at radius 1 is 1.13 bits per heavy atom. The number of hydrogen-bond donors (Lipinski definition) is 2. The molecule has 9 nitrogen and oxygen atoms in total. The van der Waals surface area contributed by atoms with E-state index in [1.807, 2.05) is 44.2 Å². The van der Waals surface area contributed by atoms with Crippen molar-refractivity contribution >= 4 is 52.9 Å². The number of nitrogens with zero attached hydrogens (tertiary/aromatic N) is 3. The molecule has 2 aromatic carbocycles. The molecule has 0 saturated carbocycles. The SMILES string of the molecule is Cc1cc(CNc2ccc(Cl)nc2-c2ccc3c(c2)C=NOB3O)c2oc(N3CCOCC3)c(C)c(=O)c2c1. The highest BCUT2D eigenvalue weighted by molar-refractivity contribution is 6.62. The average Bonchev–Trinajstić information content (AvgIpc) is 2.95. The van der Waals surface area contributed by atoms with Gasteiger partial charge in [0.25, 0.3) is 0 Å². The van der Waals surface area contributed by atoms with Crippen LogP contribution in [0.3, 0.4) is 0 Å². The van der Waals surface area contributed by atoms with Crippen LogP contribution in [-0.2, 0) is 16.0 Å². The molecule has 2 aliphatic rings. The van der Waals surface area contributed by atoms with Crippen molar-refractivity contribution < 1.29 is 18.9 Å². The second kappa shape index (κ2) is 10.4. The molecule has 0 unspecified atom stereocenters. The van der Waals surface area contributed by atoms with Crippen LogP contribution in [0.2, 0.25) is 5.15 Å². The maximum absolute atomic E-state index is 13.4. The van der Waals surface area contributed by atoms with Crippen LogP contribution in [-0.4, -0.2) is 49.6 Å². The molecule has 0 atom stereocenters. The lowest BCUT2D eigenvalue weighted by atomic mass is 9.75. The fourth-order valence-corrected chi connectivity index (χ4v) is 5.21. The third-order valence-corrected chi connectivity index (χ3v) is 7.23. The number of pyridine rings is 1. The summed E-state index contributed by atoms with van der Waals surface area (Å²) >= 11 is 6.28. The maximum atomic E-state index is 13.4. The van der Waals surface area contributed by atoms with Gasteiger partial charge in [0.2, 0.25) is 5.88 Å². The molecule has 0 amide bonds. The molecule has 0 bridgehead atoms. The van der Waals surface area contributed by atoms with Gasteiger partial charge in [-0.15, -0.1) is 5.16 Å². The summed E-state index contributed by atoms with van der Waals surface area (Å²) in [6.45, 7) is 6.70. The number of rotatable bonds is 5. The monoisotopic (exact) mass is 544 g/mol. The highest BCUT2D eigenvalue weighted by Crippen LogP contribution is 2.31. The Morgan fingerprint density at radius 3 is 2.77 bits per heavy atom. The summed E-state index contributed by atoms with van der Waals surface area (Å²) in [5, 5.41) is 18.2. The average molecular weight is 545 g/mol. The fraction of sp³-hybridized carbons (Fsp3) is 0.250. The van der Waals surface area contributed by atoms with Crippen molar-refractivity contribution in [3.63, 3.8) is 0 Å². The van der Waals surface area contributed by atoms with Crippen molar-refractivity contribution in [3.05, 3.63) is 80.1 Å². The Balaban J connectivity index is 1.38. The molecule has 4 aromatic rings. The second-order valence-corrected chi connectivity index (χ2v) is 10.1. The van der Waals surface area contributed by atoms with Crippen LogP contribution >= 0.6 is 11.6 Å². The number of fused-ring (bicyclic) bond motifs is 2. The predicted molar refractivity (Wildman–Crippen MR) is 153 cm³/mol. The van der Waals surface area contributed by atoms with E-state index in [0.29, 0.717) is 71.6 Å². The number of anilines is 2. The van der Waals surface area contributed by atoms with Gasteiger partial charge < -0.3 is 29.1 Å². The molecule has 2 aromatic heterocycles. The van der Waals surface area contributed by atoms with Crippen molar-refractivity contribution in [1.29, 1.82) is 0 Å². The molecule has 6 rings (SSSR count). The van der Waals surface area contributed by atoms with Crippen LogP contribution in [0, 0.1) is 13.8 Å². The Kier molecular flexibility index (Phi) is 6.76. The number of benzene rings is 2. The number of aromatic nitrogens is 1. The number of morpholine rings is 1. The Hall–Kier alpha value is -3.86. The van der Waals surface area contributed by atoms with Crippen LogP contribution in [0.5, 0.6) is 0 Å². The number of hydrogen-bond acceptors (Lipinski definition) is 9. The van der Waals surface area contributed by atoms with E-state index < -0.39 is 7.12 Å². The highest BCUT2D eigenvalue weighted by atomic mass is 35.5. The van der Waals surface area contributed by atoms with Crippen LogP contribution in [0.4, 0.5) is 11.6 Å². The number of halogens is 1. The Labute approximate surface area is 230 Å². The third-order valence-electron chi connectivity index (χ3n) is 7.02. The molecule has 1 fully saturated rings. The van der Waals surface area contributed by atoms with Gasteiger partial charge >= 0.3 is 7.12 Å². The van der Waals surface area contributed by atoms with Crippen molar-refractivity contribution in [1.82, 2.24) is 4.98 Å². The summed E-state index contributed by atoms with van der Waals surface area (Å²) in [6, 6.07) is 13.0. The zero-order chi connectivity index (χ0) is 27.1. The lowest BCUT2D eigenvalue weighted by molar-refractivity contribution is 0.120. The molecule has 1 saturated heterocycles. The van der Waals surface area contributed by atoms with Gasteiger partial charge in [0.15, 0.2) is 5.43 Å². The Morgan fingerprint density at radius 2 is 1.95 bits per heavy atom. The molecule has 11 heteroatoms. The predicted octanol–water partition coefficient (Wildman–Crippen LogP) is 3.63. The van der Waals surface area contributed by atoms with E-state index >= 15 is 0 Å². The highest BCUT2D eigenvalue weighted by Gasteiger charge is 2.26. The molecule has 198 valence electrons. The topological polar surface area (TPSA) is 109 Å². The van der Waals surface area contributed by atoms with Gasteiger partial charge in [-0.3, -0.25) is 4.79 Å². The van der Waals surface area contributed by atoms with Gasteiger partial charge in [-0.1, -0.05) is 29.8 Å². The summed E-state index contributed by atoms with van der Waals surface area (Å²) in [6.07, 6.45) is 1.55. The molecule has 0 spiro atoms. The van der Waals surface area contributed by atoms with Crippen molar-refractivity contribution in [2.45, 2.75) is 20.4 Å². The van der Waals surface area contributed by atoms with Crippen LogP contribution < -0.4 is 21.1 Å². The summed E-state index contributed by atoms with van der Waals surface area (Å²) in [7, 11) is -1.11. The lowest BCUT2D eigenvalue weighted by Crippen LogP contribution is -2.37. The van der Waals surface area contributed by atoms with Gasteiger partial charge in [-0.25, -0.2) is 4.98 Å². The Bertz CT molecular complexity index is 1670. The molecular weight excluding hydrogens is 519 g/mol. The number of aryl methyl sites for hydroxylation is 1. The van der Waals surface area contributed by atoms with E-state index in [1.54, 1.807) is 18.3 Å². The van der Waals surface area contributed by atoms with Crippen LogP contribution in [0.15, 0.2) is 56.8 Å². The summed E-state index contributed by atoms with van der Waals surface area (Å²) < 4.78 is 16.8. The smallest absolute Gasteiger partial charge is 0.440 e. The van der Waals surface area contributed by atoms with Crippen LogP contribution in [0.1, 0.15) is 22.3 Å². The van der Waals surface area contributed by atoms with E-state index in [4.69, 9.17) is 25.5 Å². The summed E-state index contributed by atoms with van der Waals surface area (Å²) in [5.41, 5.74) is 6.50. The van der Waals surface area contributed by atoms with Crippen molar-refractivity contribution in [2.24, 2.45) is 5.16 Å². The molecular formula is C28H26BClN4O5. The van der Waals surface area contributed by atoms with E-state index in [-0.39, 0.29) is 5.43 Å². The summed E-state index contributed by atoms with van der Waals surface area (Å²) in [4.78, 5) is 20.0. The maximum Gasteiger partial charge on any atom is 0.583 e. The zero-order valence-electron chi connectivity index (χ0n) is 21.5. The van der Waals surface area contributed by atoms with Gasteiger partial charge in [0.05, 0.1) is 41.8 Å². The van der Waals surface area contributed by atoms with E-state index in [1.165, 1.54) is 0 Å². The first-order chi connectivity index (χ1) is 18.9. The minimum Gasteiger partial charge on any atom is -0.440 e. The minimum atomic E-state index is -1.11. The largest absolute Gasteiger partial charge is 0.583 e. The van der Waals surface area contributed by atoms with E-state index in [9.17, 15) is 9.82 Å². The first kappa shape index (κ1) is 25.4. The molecule has 2 aliphatic heterocycles. The number of nitrogens with one attached hydrogen (secondary N) is 1.